The fourth-order valence-corrected chi connectivity index (χ4v) is 1.46. The van der Waals surface area contributed by atoms with E-state index in [1.165, 1.54) is 18.2 Å². The molecule has 0 aliphatic rings. The van der Waals surface area contributed by atoms with Crippen molar-refractivity contribution in [2.45, 2.75) is 25.8 Å². The van der Waals surface area contributed by atoms with E-state index < -0.39 is 16.9 Å². The lowest BCUT2D eigenvalue weighted by Crippen LogP contribution is -2.28. The zero-order chi connectivity index (χ0) is 12.8. The second-order valence-electron chi connectivity index (χ2n) is 3.63. The molecule has 1 aromatic rings. The van der Waals surface area contributed by atoms with Crippen LogP contribution in [-0.2, 0) is 4.79 Å². The number of hydrogen-bond acceptors (Lipinski definition) is 4. The van der Waals surface area contributed by atoms with Gasteiger partial charge in [-0.3, -0.25) is 10.1 Å². The molecule has 17 heavy (non-hydrogen) atoms. The summed E-state index contributed by atoms with van der Waals surface area (Å²) in [6.45, 7) is 1.88. The molecule has 0 saturated heterocycles. The van der Waals surface area contributed by atoms with Crippen molar-refractivity contribution in [3.05, 3.63) is 34.4 Å². The highest BCUT2D eigenvalue weighted by Crippen LogP contribution is 2.18. The number of rotatable bonds is 6. The molecule has 0 heterocycles. The summed E-state index contributed by atoms with van der Waals surface area (Å²) in [6, 6.07) is 5.10. The van der Waals surface area contributed by atoms with Crippen LogP contribution in [0.3, 0.4) is 0 Å². The van der Waals surface area contributed by atoms with Crippen LogP contribution < -0.4 is 5.32 Å². The van der Waals surface area contributed by atoms with Gasteiger partial charge in [-0.1, -0.05) is 19.4 Å². The standard InChI is InChI=1S/C11H14N2O4/c1-2-4-10(11(14)15)12-8-5-3-6-9(7-8)13(16)17/h3,5-7,10,12H,2,4H2,1H3,(H,14,15). The maximum Gasteiger partial charge on any atom is 0.326 e. The lowest BCUT2D eigenvalue weighted by molar-refractivity contribution is -0.384. The van der Waals surface area contributed by atoms with Gasteiger partial charge in [-0.25, -0.2) is 4.79 Å². The van der Waals surface area contributed by atoms with Crippen molar-refractivity contribution in [1.29, 1.82) is 0 Å². The number of non-ortho nitro benzene ring substituents is 1. The second kappa shape index (κ2) is 5.83. The molecule has 6 nitrogen and oxygen atoms in total. The number of nitro benzene ring substituents is 1. The molecule has 0 saturated carbocycles. The number of nitro groups is 1. The van der Waals surface area contributed by atoms with E-state index >= 15 is 0 Å². The van der Waals surface area contributed by atoms with Crippen molar-refractivity contribution in [1.82, 2.24) is 0 Å². The monoisotopic (exact) mass is 238 g/mol. The van der Waals surface area contributed by atoms with Gasteiger partial charge in [-0.05, 0) is 12.5 Å². The number of benzene rings is 1. The first-order valence-electron chi connectivity index (χ1n) is 5.28. The fourth-order valence-electron chi connectivity index (χ4n) is 1.46. The molecule has 0 amide bonds. The van der Waals surface area contributed by atoms with Crippen LogP contribution in [0.15, 0.2) is 24.3 Å². The van der Waals surface area contributed by atoms with E-state index in [0.29, 0.717) is 12.1 Å². The molecule has 1 aromatic carbocycles. The van der Waals surface area contributed by atoms with E-state index in [9.17, 15) is 14.9 Å². The molecule has 0 bridgehead atoms. The number of aliphatic carboxylic acids is 1. The fraction of sp³-hybridized carbons (Fsp3) is 0.364. The molecular weight excluding hydrogens is 224 g/mol. The Hall–Kier alpha value is -2.11. The van der Waals surface area contributed by atoms with Gasteiger partial charge >= 0.3 is 5.97 Å². The highest BCUT2D eigenvalue weighted by atomic mass is 16.6. The Morgan fingerprint density at radius 1 is 1.59 bits per heavy atom. The summed E-state index contributed by atoms with van der Waals surface area (Å²) >= 11 is 0. The molecule has 1 rings (SSSR count). The van der Waals surface area contributed by atoms with E-state index in [2.05, 4.69) is 5.32 Å². The van der Waals surface area contributed by atoms with Gasteiger partial charge in [-0.2, -0.15) is 0 Å². The summed E-state index contributed by atoms with van der Waals surface area (Å²) in [7, 11) is 0. The van der Waals surface area contributed by atoms with Crippen molar-refractivity contribution in [2.75, 3.05) is 5.32 Å². The Morgan fingerprint density at radius 3 is 2.82 bits per heavy atom. The van der Waals surface area contributed by atoms with E-state index in [0.717, 1.165) is 6.42 Å². The first-order chi connectivity index (χ1) is 8.04. The number of nitrogens with zero attached hydrogens (tertiary/aromatic N) is 1. The smallest absolute Gasteiger partial charge is 0.326 e. The summed E-state index contributed by atoms with van der Waals surface area (Å²) in [5.41, 5.74) is 0.385. The topological polar surface area (TPSA) is 92.5 Å². The van der Waals surface area contributed by atoms with Crippen molar-refractivity contribution in [2.24, 2.45) is 0 Å². The molecule has 2 N–H and O–H groups in total. The summed E-state index contributed by atoms with van der Waals surface area (Å²) in [5, 5.41) is 22.3. The van der Waals surface area contributed by atoms with Crippen LogP contribution in [0, 0.1) is 10.1 Å². The van der Waals surface area contributed by atoms with E-state index in [-0.39, 0.29) is 5.69 Å². The summed E-state index contributed by atoms with van der Waals surface area (Å²) in [4.78, 5) is 21.0. The van der Waals surface area contributed by atoms with Crippen molar-refractivity contribution >= 4 is 17.3 Å². The minimum atomic E-state index is -0.960. The van der Waals surface area contributed by atoms with Gasteiger partial charge < -0.3 is 10.4 Å². The van der Waals surface area contributed by atoms with Gasteiger partial charge in [0, 0.05) is 17.8 Å². The maximum atomic E-state index is 10.9. The van der Waals surface area contributed by atoms with E-state index in [1.54, 1.807) is 6.07 Å². The number of carboxylic acids is 1. The number of carbonyl (C=O) groups is 1. The normalized spacial score (nSPS) is 11.8. The van der Waals surface area contributed by atoms with Crippen LogP contribution in [0.25, 0.3) is 0 Å². The Balaban J connectivity index is 2.82. The largest absolute Gasteiger partial charge is 0.480 e. The molecule has 0 aliphatic carbocycles. The maximum absolute atomic E-state index is 10.9. The molecule has 0 aliphatic heterocycles. The molecule has 0 aromatic heterocycles. The van der Waals surface area contributed by atoms with Crippen LogP contribution in [-0.4, -0.2) is 22.0 Å². The molecule has 92 valence electrons. The van der Waals surface area contributed by atoms with Gasteiger partial charge in [0.15, 0.2) is 0 Å². The number of nitrogens with one attached hydrogen (secondary N) is 1. The number of hydrogen-bond donors (Lipinski definition) is 2. The third kappa shape index (κ3) is 3.75. The Kier molecular flexibility index (Phi) is 4.45. The van der Waals surface area contributed by atoms with Gasteiger partial charge in [0.1, 0.15) is 6.04 Å². The second-order valence-corrected chi connectivity index (χ2v) is 3.63. The minimum Gasteiger partial charge on any atom is -0.480 e. The van der Waals surface area contributed by atoms with Crippen LogP contribution in [0.5, 0.6) is 0 Å². The van der Waals surface area contributed by atoms with Crippen LogP contribution in [0.4, 0.5) is 11.4 Å². The summed E-state index contributed by atoms with van der Waals surface area (Å²) in [5.74, 6) is -0.960. The molecule has 1 unspecified atom stereocenters. The van der Waals surface area contributed by atoms with Crippen LogP contribution in [0.1, 0.15) is 19.8 Å². The van der Waals surface area contributed by atoms with Crippen molar-refractivity contribution in [3.63, 3.8) is 0 Å². The highest BCUT2D eigenvalue weighted by molar-refractivity contribution is 5.77. The SMILES string of the molecule is CCCC(Nc1cccc([N+](=O)[O-])c1)C(=O)O. The molecule has 0 fully saturated rings. The predicted molar refractivity (Wildman–Crippen MR) is 63.1 cm³/mol. The zero-order valence-corrected chi connectivity index (χ0v) is 9.42. The average Bonchev–Trinajstić information content (AvgIpc) is 2.28. The molecular formula is C11H14N2O4. The molecule has 1 atom stereocenters. The average molecular weight is 238 g/mol. The van der Waals surface area contributed by atoms with Crippen molar-refractivity contribution in [3.8, 4) is 0 Å². The van der Waals surface area contributed by atoms with Crippen LogP contribution in [0.2, 0.25) is 0 Å². The third-order valence-electron chi connectivity index (χ3n) is 2.27. The third-order valence-corrected chi connectivity index (χ3v) is 2.27. The summed E-state index contributed by atoms with van der Waals surface area (Å²) in [6.07, 6.45) is 1.19. The molecule has 6 heteroatoms. The van der Waals surface area contributed by atoms with E-state index in [4.69, 9.17) is 5.11 Å². The van der Waals surface area contributed by atoms with Gasteiger partial charge in [0.25, 0.3) is 5.69 Å². The van der Waals surface area contributed by atoms with E-state index in [1.807, 2.05) is 6.92 Å². The van der Waals surface area contributed by atoms with Crippen LogP contribution >= 0.6 is 0 Å². The van der Waals surface area contributed by atoms with Gasteiger partial charge in [0.05, 0.1) is 4.92 Å². The first-order valence-corrected chi connectivity index (χ1v) is 5.28. The lowest BCUT2D eigenvalue weighted by atomic mass is 10.1. The van der Waals surface area contributed by atoms with Gasteiger partial charge in [0.2, 0.25) is 0 Å². The Morgan fingerprint density at radius 2 is 2.29 bits per heavy atom. The molecule has 0 spiro atoms. The summed E-state index contributed by atoms with van der Waals surface area (Å²) < 4.78 is 0. The quantitative estimate of drug-likeness (QED) is 0.585. The van der Waals surface area contributed by atoms with Gasteiger partial charge in [-0.15, -0.1) is 0 Å². The lowest BCUT2D eigenvalue weighted by Gasteiger charge is -2.14. The molecule has 0 radical (unpaired) electrons. The number of anilines is 1. The highest BCUT2D eigenvalue weighted by Gasteiger charge is 2.16. The predicted octanol–water partition coefficient (Wildman–Crippen LogP) is 2.26. The zero-order valence-electron chi connectivity index (χ0n) is 9.42. The first kappa shape index (κ1) is 13.0. The minimum absolute atomic E-state index is 0.0596. The van der Waals surface area contributed by atoms with Crippen molar-refractivity contribution < 1.29 is 14.8 Å². The Bertz CT molecular complexity index is 420. The number of carboxylic acid groups (broad SMARTS) is 1. The Labute approximate surface area is 98.4 Å².